The predicted molar refractivity (Wildman–Crippen MR) is 119 cm³/mol. The molecule has 0 N–H and O–H groups in total. The normalized spacial score (nSPS) is 19.9. The summed E-state index contributed by atoms with van der Waals surface area (Å²) in [4.78, 5) is 42.7. The first-order valence-corrected chi connectivity index (χ1v) is 11.3. The molecule has 5 nitrogen and oxygen atoms in total. The second-order valence-electron chi connectivity index (χ2n) is 8.13. The van der Waals surface area contributed by atoms with Crippen LogP contribution in [0.25, 0.3) is 0 Å². The number of hydrogen-bond acceptors (Lipinski definition) is 3. The Labute approximate surface area is 185 Å². The van der Waals surface area contributed by atoms with E-state index >= 15 is 0 Å². The van der Waals surface area contributed by atoms with E-state index in [1.807, 2.05) is 19.1 Å². The summed E-state index contributed by atoms with van der Waals surface area (Å²) in [5, 5.41) is 0. The molecule has 4 rings (SSSR count). The fraction of sp³-hybridized carbons (Fsp3) is 0.375. The van der Waals surface area contributed by atoms with Crippen molar-refractivity contribution in [2.45, 2.75) is 57.5 Å². The predicted octanol–water partition coefficient (Wildman–Crippen LogP) is 4.86. The van der Waals surface area contributed by atoms with Crippen LogP contribution in [0.4, 0.5) is 5.69 Å². The van der Waals surface area contributed by atoms with Crippen molar-refractivity contribution >= 4 is 39.3 Å². The molecule has 0 spiro atoms. The van der Waals surface area contributed by atoms with Crippen molar-refractivity contribution in [2.75, 3.05) is 4.90 Å². The molecule has 1 heterocycles. The number of halogens is 1. The van der Waals surface area contributed by atoms with E-state index in [1.165, 1.54) is 4.90 Å². The van der Waals surface area contributed by atoms with Gasteiger partial charge in [0.25, 0.3) is 11.8 Å². The SMILES string of the molecule is Cc1ccc(C(=O)N(C2CCCCC2)C2CC(=O)N(c3ccc(Br)cc3)C2=O)cc1. The van der Waals surface area contributed by atoms with Crippen LogP contribution in [-0.2, 0) is 9.59 Å². The summed E-state index contributed by atoms with van der Waals surface area (Å²) in [6.07, 6.45) is 4.98. The van der Waals surface area contributed by atoms with Gasteiger partial charge in [0, 0.05) is 16.1 Å². The van der Waals surface area contributed by atoms with Gasteiger partial charge in [0.05, 0.1) is 12.1 Å². The minimum atomic E-state index is -0.752. The highest BCUT2D eigenvalue weighted by Crippen LogP contribution is 2.32. The fourth-order valence-electron chi connectivity index (χ4n) is 4.46. The first-order chi connectivity index (χ1) is 14.5. The number of carbonyl (C=O) groups is 3. The quantitative estimate of drug-likeness (QED) is 0.601. The number of hydrogen-bond donors (Lipinski definition) is 0. The Morgan fingerprint density at radius 3 is 2.23 bits per heavy atom. The largest absolute Gasteiger partial charge is 0.323 e. The average molecular weight is 469 g/mol. The van der Waals surface area contributed by atoms with Gasteiger partial charge in [-0.25, -0.2) is 4.90 Å². The van der Waals surface area contributed by atoms with Gasteiger partial charge in [0.1, 0.15) is 6.04 Å². The number of anilines is 1. The van der Waals surface area contributed by atoms with Gasteiger partial charge < -0.3 is 4.90 Å². The number of benzene rings is 2. The third kappa shape index (κ3) is 4.06. The molecule has 30 heavy (non-hydrogen) atoms. The number of rotatable bonds is 4. The van der Waals surface area contributed by atoms with Crippen molar-refractivity contribution in [3.05, 3.63) is 64.1 Å². The molecular weight excluding hydrogens is 444 g/mol. The molecule has 2 aromatic carbocycles. The molecular formula is C24H25BrN2O3. The van der Waals surface area contributed by atoms with E-state index in [2.05, 4.69) is 15.9 Å². The van der Waals surface area contributed by atoms with E-state index < -0.39 is 6.04 Å². The molecule has 0 radical (unpaired) electrons. The molecule has 1 unspecified atom stereocenters. The van der Waals surface area contributed by atoms with E-state index in [-0.39, 0.29) is 30.2 Å². The molecule has 3 amide bonds. The minimum absolute atomic E-state index is 0.0147. The summed E-state index contributed by atoms with van der Waals surface area (Å²) >= 11 is 3.38. The van der Waals surface area contributed by atoms with Crippen molar-refractivity contribution in [3.8, 4) is 0 Å². The van der Waals surface area contributed by atoms with Crippen molar-refractivity contribution in [1.29, 1.82) is 0 Å². The van der Waals surface area contributed by atoms with Gasteiger partial charge in [0.2, 0.25) is 5.91 Å². The maximum atomic E-state index is 13.5. The van der Waals surface area contributed by atoms with Gasteiger partial charge in [-0.05, 0) is 56.2 Å². The molecule has 0 bridgehead atoms. The number of amides is 3. The molecule has 156 valence electrons. The van der Waals surface area contributed by atoms with Gasteiger partial charge in [-0.15, -0.1) is 0 Å². The molecule has 1 aliphatic carbocycles. The maximum Gasteiger partial charge on any atom is 0.257 e. The molecule has 6 heteroatoms. The highest BCUT2D eigenvalue weighted by Gasteiger charge is 2.46. The lowest BCUT2D eigenvalue weighted by Crippen LogP contribution is -2.51. The Balaban J connectivity index is 1.67. The Morgan fingerprint density at radius 1 is 0.967 bits per heavy atom. The highest BCUT2D eigenvalue weighted by molar-refractivity contribution is 9.10. The maximum absolute atomic E-state index is 13.5. The monoisotopic (exact) mass is 468 g/mol. The third-order valence-electron chi connectivity index (χ3n) is 6.04. The molecule has 1 saturated heterocycles. The third-order valence-corrected chi connectivity index (χ3v) is 6.57. The summed E-state index contributed by atoms with van der Waals surface area (Å²) in [5.74, 6) is -0.732. The standard InChI is InChI=1S/C24H25BrN2O3/c1-16-7-9-17(10-8-16)23(29)26(19-5-3-2-4-6-19)21-15-22(28)27(24(21)30)20-13-11-18(25)12-14-20/h7-14,19,21H,2-6,15H2,1H3. The first-order valence-electron chi connectivity index (χ1n) is 10.5. The smallest absolute Gasteiger partial charge is 0.257 e. The molecule has 1 saturated carbocycles. The van der Waals surface area contributed by atoms with Crippen LogP contribution in [0.2, 0.25) is 0 Å². The number of nitrogens with zero attached hydrogens (tertiary/aromatic N) is 2. The zero-order valence-corrected chi connectivity index (χ0v) is 18.6. The Bertz CT molecular complexity index is 949. The van der Waals surface area contributed by atoms with Crippen LogP contribution in [0.5, 0.6) is 0 Å². The van der Waals surface area contributed by atoms with Crippen LogP contribution in [0.3, 0.4) is 0 Å². The van der Waals surface area contributed by atoms with Crippen molar-refractivity contribution < 1.29 is 14.4 Å². The van der Waals surface area contributed by atoms with Crippen LogP contribution in [-0.4, -0.2) is 34.7 Å². The van der Waals surface area contributed by atoms with Crippen molar-refractivity contribution in [3.63, 3.8) is 0 Å². The average Bonchev–Trinajstić information content (AvgIpc) is 3.04. The number of carbonyl (C=O) groups excluding carboxylic acids is 3. The van der Waals surface area contributed by atoms with E-state index in [0.717, 1.165) is 42.1 Å². The number of aryl methyl sites for hydroxylation is 1. The van der Waals surface area contributed by atoms with E-state index in [1.54, 1.807) is 41.3 Å². The Hall–Kier alpha value is -2.47. The Morgan fingerprint density at radius 2 is 1.60 bits per heavy atom. The van der Waals surface area contributed by atoms with E-state index in [0.29, 0.717) is 11.3 Å². The van der Waals surface area contributed by atoms with Crippen molar-refractivity contribution in [1.82, 2.24) is 4.90 Å². The zero-order valence-electron chi connectivity index (χ0n) is 17.0. The van der Waals surface area contributed by atoms with Gasteiger partial charge in [-0.3, -0.25) is 14.4 Å². The van der Waals surface area contributed by atoms with Crippen LogP contribution in [0.1, 0.15) is 54.4 Å². The fourth-order valence-corrected chi connectivity index (χ4v) is 4.73. The molecule has 0 aromatic heterocycles. The van der Waals surface area contributed by atoms with Crippen LogP contribution in [0, 0.1) is 6.92 Å². The van der Waals surface area contributed by atoms with Crippen LogP contribution < -0.4 is 4.90 Å². The van der Waals surface area contributed by atoms with E-state index in [9.17, 15) is 14.4 Å². The van der Waals surface area contributed by atoms with Crippen molar-refractivity contribution in [2.24, 2.45) is 0 Å². The lowest BCUT2D eigenvalue weighted by molar-refractivity contribution is -0.123. The zero-order chi connectivity index (χ0) is 21.3. The minimum Gasteiger partial charge on any atom is -0.323 e. The van der Waals surface area contributed by atoms with Gasteiger partial charge in [-0.2, -0.15) is 0 Å². The Kier molecular flexibility index (Phi) is 6.04. The molecule has 2 aliphatic rings. The second-order valence-corrected chi connectivity index (χ2v) is 9.05. The number of imide groups is 1. The lowest BCUT2D eigenvalue weighted by Gasteiger charge is -2.37. The second kappa shape index (κ2) is 8.72. The summed E-state index contributed by atoms with van der Waals surface area (Å²) in [5.41, 5.74) is 2.18. The van der Waals surface area contributed by atoms with Gasteiger partial charge >= 0.3 is 0 Å². The van der Waals surface area contributed by atoms with Gasteiger partial charge in [-0.1, -0.05) is 52.9 Å². The molecule has 2 aromatic rings. The first kappa shape index (κ1) is 20.8. The topological polar surface area (TPSA) is 57.7 Å². The summed E-state index contributed by atoms with van der Waals surface area (Å²) in [6.45, 7) is 1.97. The molecule has 1 aliphatic heterocycles. The summed E-state index contributed by atoms with van der Waals surface area (Å²) in [7, 11) is 0. The molecule has 2 fully saturated rings. The summed E-state index contributed by atoms with van der Waals surface area (Å²) < 4.78 is 0.875. The summed E-state index contributed by atoms with van der Waals surface area (Å²) in [6, 6.07) is 13.8. The van der Waals surface area contributed by atoms with E-state index in [4.69, 9.17) is 0 Å². The molecule has 1 atom stereocenters. The van der Waals surface area contributed by atoms with Crippen LogP contribution in [0.15, 0.2) is 53.0 Å². The van der Waals surface area contributed by atoms with Gasteiger partial charge in [0.15, 0.2) is 0 Å². The lowest BCUT2D eigenvalue weighted by atomic mass is 9.92. The highest BCUT2D eigenvalue weighted by atomic mass is 79.9. The van der Waals surface area contributed by atoms with Crippen LogP contribution >= 0.6 is 15.9 Å².